The highest BCUT2D eigenvalue weighted by molar-refractivity contribution is 6.36. The number of rotatable bonds is 2. The number of carbonyl (C=O) groups is 3. The van der Waals surface area contributed by atoms with Crippen LogP contribution < -0.4 is 0 Å². The van der Waals surface area contributed by atoms with Crippen LogP contribution in [0.2, 0.25) is 0 Å². The summed E-state index contributed by atoms with van der Waals surface area (Å²) in [4.78, 5) is 36.2. The SMILES string of the molecule is C[C@]12CC(Cl)[C@@]3(Cl)[C@@H](C=C(F)C4=CC(=O)CC(=O)[C@@]43C)[C@@H]1CC[C@@H]2C(=O)CCl. The molecule has 3 nitrogen and oxygen atoms in total. The quantitative estimate of drug-likeness (QED) is 0.452. The van der Waals surface area contributed by atoms with E-state index in [2.05, 4.69) is 0 Å². The fourth-order valence-corrected chi connectivity index (χ4v) is 7.89. The molecule has 28 heavy (non-hydrogen) atoms. The maximum atomic E-state index is 15.2. The van der Waals surface area contributed by atoms with E-state index in [1.54, 1.807) is 6.92 Å². The number of carbonyl (C=O) groups excluding carboxylic acids is 3. The predicted octanol–water partition coefficient (Wildman–Crippen LogP) is 4.77. The van der Waals surface area contributed by atoms with E-state index in [9.17, 15) is 14.4 Å². The number of ketones is 3. The molecule has 0 aliphatic heterocycles. The number of hydrogen-bond acceptors (Lipinski definition) is 3. The molecule has 2 fully saturated rings. The third-order valence-corrected chi connectivity index (χ3v) is 9.78. The van der Waals surface area contributed by atoms with Gasteiger partial charge in [0.2, 0.25) is 0 Å². The summed E-state index contributed by atoms with van der Waals surface area (Å²) in [6.45, 7) is 3.63. The molecule has 152 valence electrons. The van der Waals surface area contributed by atoms with Crippen LogP contribution in [0.25, 0.3) is 0 Å². The summed E-state index contributed by atoms with van der Waals surface area (Å²) in [5, 5.41) is -0.668. The van der Waals surface area contributed by atoms with Crippen molar-refractivity contribution in [2.45, 2.75) is 49.8 Å². The van der Waals surface area contributed by atoms with E-state index in [0.717, 1.165) is 0 Å². The zero-order valence-electron chi connectivity index (χ0n) is 15.7. The molecule has 0 heterocycles. The van der Waals surface area contributed by atoms with E-state index < -0.39 is 38.6 Å². The number of Topliss-reactive ketones (excluding diaryl/α,β-unsaturated/α-hetero) is 2. The van der Waals surface area contributed by atoms with Crippen molar-refractivity contribution in [2.24, 2.45) is 28.6 Å². The van der Waals surface area contributed by atoms with Gasteiger partial charge >= 0.3 is 0 Å². The number of allylic oxidation sites excluding steroid dienone is 4. The lowest BCUT2D eigenvalue weighted by Gasteiger charge is -2.61. The molecular formula is C21H22Cl3FO3. The van der Waals surface area contributed by atoms with Gasteiger partial charge in [-0.25, -0.2) is 4.39 Å². The Morgan fingerprint density at radius 2 is 1.96 bits per heavy atom. The van der Waals surface area contributed by atoms with Crippen molar-refractivity contribution in [3.05, 3.63) is 23.6 Å². The van der Waals surface area contributed by atoms with Crippen LogP contribution in [0, 0.1) is 28.6 Å². The number of halogens is 4. The Hall–Kier alpha value is -0.710. The molecule has 4 aliphatic rings. The average Bonchev–Trinajstić information content (AvgIpc) is 2.96. The summed E-state index contributed by atoms with van der Waals surface area (Å²) in [5.41, 5.74) is -1.79. The van der Waals surface area contributed by atoms with Gasteiger partial charge in [-0.2, -0.15) is 0 Å². The first-order valence-electron chi connectivity index (χ1n) is 9.59. The minimum Gasteiger partial charge on any atom is -0.298 e. The smallest absolute Gasteiger partial charge is 0.163 e. The van der Waals surface area contributed by atoms with Gasteiger partial charge in [-0.05, 0) is 49.7 Å². The van der Waals surface area contributed by atoms with Crippen molar-refractivity contribution in [1.29, 1.82) is 0 Å². The van der Waals surface area contributed by atoms with Gasteiger partial charge < -0.3 is 0 Å². The molecule has 4 aliphatic carbocycles. The zero-order valence-corrected chi connectivity index (χ0v) is 18.0. The molecule has 0 aromatic rings. The lowest BCUT2D eigenvalue weighted by Crippen LogP contribution is -2.67. The second kappa shape index (κ2) is 6.39. The maximum Gasteiger partial charge on any atom is 0.163 e. The van der Waals surface area contributed by atoms with Gasteiger partial charge in [-0.3, -0.25) is 14.4 Å². The van der Waals surface area contributed by atoms with E-state index in [4.69, 9.17) is 34.8 Å². The average molecular weight is 448 g/mol. The molecule has 7 heteroatoms. The van der Waals surface area contributed by atoms with Crippen LogP contribution in [0.4, 0.5) is 4.39 Å². The van der Waals surface area contributed by atoms with E-state index in [1.165, 1.54) is 12.2 Å². The van der Waals surface area contributed by atoms with E-state index >= 15 is 4.39 Å². The summed E-state index contributed by atoms with van der Waals surface area (Å²) in [6, 6.07) is 0. The van der Waals surface area contributed by atoms with Crippen molar-refractivity contribution in [1.82, 2.24) is 0 Å². The van der Waals surface area contributed by atoms with Crippen molar-refractivity contribution >= 4 is 52.2 Å². The molecule has 1 unspecified atom stereocenters. The minimum atomic E-state index is -1.38. The van der Waals surface area contributed by atoms with Crippen LogP contribution in [0.15, 0.2) is 23.6 Å². The Balaban J connectivity index is 1.90. The number of fused-ring (bicyclic) bond motifs is 5. The number of hydrogen-bond donors (Lipinski definition) is 0. The normalized spacial score (nSPS) is 47.6. The Morgan fingerprint density at radius 3 is 2.61 bits per heavy atom. The molecule has 0 aromatic heterocycles. The molecule has 0 N–H and O–H groups in total. The molecule has 0 aromatic carbocycles. The topological polar surface area (TPSA) is 51.2 Å². The van der Waals surface area contributed by atoms with Gasteiger partial charge in [0.05, 0.1) is 28.0 Å². The molecule has 0 spiro atoms. The fourth-order valence-electron chi connectivity index (χ4n) is 6.51. The van der Waals surface area contributed by atoms with Crippen LogP contribution in [0.3, 0.4) is 0 Å². The van der Waals surface area contributed by atoms with Crippen molar-refractivity contribution in [3.63, 3.8) is 0 Å². The maximum absolute atomic E-state index is 15.2. The van der Waals surface area contributed by atoms with Crippen LogP contribution in [-0.4, -0.2) is 33.5 Å². The Labute approximate surface area is 178 Å². The summed E-state index contributed by atoms with van der Waals surface area (Å²) in [5.74, 6) is -2.32. The minimum absolute atomic E-state index is 0.0241. The van der Waals surface area contributed by atoms with Crippen molar-refractivity contribution in [2.75, 3.05) is 5.88 Å². The van der Waals surface area contributed by atoms with Gasteiger partial charge in [-0.1, -0.05) is 6.92 Å². The zero-order chi connectivity index (χ0) is 20.6. The lowest BCUT2D eigenvalue weighted by molar-refractivity contribution is -0.137. The Kier molecular flexibility index (Phi) is 4.69. The monoisotopic (exact) mass is 446 g/mol. The summed E-state index contributed by atoms with van der Waals surface area (Å²) >= 11 is 19.9. The van der Waals surface area contributed by atoms with Crippen LogP contribution in [-0.2, 0) is 14.4 Å². The summed E-state index contributed by atoms with van der Waals surface area (Å²) < 4.78 is 15.2. The second-order valence-electron chi connectivity index (χ2n) is 9.07. The van der Waals surface area contributed by atoms with Gasteiger partial charge in [0.25, 0.3) is 0 Å². The van der Waals surface area contributed by atoms with Gasteiger partial charge in [0, 0.05) is 17.4 Å². The third kappa shape index (κ3) is 2.31. The molecule has 7 atom stereocenters. The number of alkyl halides is 3. The highest BCUT2D eigenvalue weighted by Gasteiger charge is 2.71. The molecule has 2 saturated carbocycles. The van der Waals surface area contributed by atoms with Gasteiger partial charge in [0.1, 0.15) is 5.83 Å². The van der Waals surface area contributed by atoms with E-state index in [1.807, 2.05) is 6.92 Å². The van der Waals surface area contributed by atoms with Crippen LogP contribution in [0.5, 0.6) is 0 Å². The lowest BCUT2D eigenvalue weighted by atomic mass is 9.47. The molecular weight excluding hydrogens is 426 g/mol. The van der Waals surface area contributed by atoms with Crippen LogP contribution >= 0.6 is 34.8 Å². The Morgan fingerprint density at radius 1 is 1.29 bits per heavy atom. The van der Waals surface area contributed by atoms with Crippen molar-refractivity contribution in [3.8, 4) is 0 Å². The van der Waals surface area contributed by atoms with Crippen molar-refractivity contribution < 1.29 is 18.8 Å². The van der Waals surface area contributed by atoms with Gasteiger partial charge in [0.15, 0.2) is 17.3 Å². The first-order chi connectivity index (χ1) is 13.0. The standard InChI is InChI=1S/C21H22Cl3FO3/c1-19-8-17(23)21(24)13(11(19)3-4-12(19)16(27)9-22)7-15(25)14-5-10(26)6-18(28)20(14,21)2/h5,7,11-13,17H,3-4,6,8-9H2,1-2H3/t11-,12+,13-,17?,19-,20+,21-/m0/s1. The first-order valence-corrected chi connectivity index (χ1v) is 10.9. The van der Waals surface area contributed by atoms with Crippen LogP contribution in [0.1, 0.15) is 39.5 Å². The van der Waals surface area contributed by atoms with E-state index in [-0.39, 0.29) is 41.3 Å². The highest BCUT2D eigenvalue weighted by atomic mass is 35.5. The molecule has 0 amide bonds. The molecule has 0 saturated heterocycles. The van der Waals surface area contributed by atoms with Gasteiger partial charge in [-0.15, -0.1) is 34.8 Å². The predicted molar refractivity (Wildman–Crippen MR) is 106 cm³/mol. The largest absolute Gasteiger partial charge is 0.298 e. The summed E-state index contributed by atoms with van der Waals surface area (Å²) in [7, 11) is 0. The summed E-state index contributed by atoms with van der Waals surface area (Å²) in [6.07, 6.45) is 4.13. The Bertz CT molecular complexity index is 852. The fraction of sp³-hybridized carbons (Fsp3) is 0.667. The molecule has 0 bridgehead atoms. The molecule has 4 rings (SSSR count). The highest BCUT2D eigenvalue weighted by Crippen LogP contribution is 2.70. The second-order valence-corrected chi connectivity index (χ2v) is 10.5. The third-order valence-electron chi connectivity index (χ3n) is 8.01. The first kappa shape index (κ1) is 20.6. The molecule has 0 radical (unpaired) electrons. The van der Waals surface area contributed by atoms with E-state index in [0.29, 0.717) is 19.3 Å².